The first-order valence-electron chi connectivity index (χ1n) is 11.3. The molecule has 2 fully saturated rings. The van der Waals surface area contributed by atoms with Gasteiger partial charge in [0.1, 0.15) is 35.6 Å². The van der Waals surface area contributed by atoms with E-state index >= 15 is 0 Å². The lowest BCUT2D eigenvalue weighted by Crippen LogP contribution is -2.61. The van der Waals surface area contributed by atoms with Gasteiger partial charge in [0.05, 0.1) is 20.3 Å². The Morgan fingerprint density at radius 1 is 0.912 bits per heavy atom. The van der Waals surface area contributed by atoms with Gasteiger partial charge >= 0.3 is 0 Å². The molecule has 178 valence electrons. The summed E-state index contributed by atoms with van der Waals surface area (Å²) in [6.07, 6.45) is -2.84. The quantitative estimate of drug-likeness (QED) is 0.531. The van der Waals surface area contributed by atoms with Gasteiger partial charge in [-0.1, -0.05) is 72.4 Å². The summed E-state index contributed by atoms with van der Waals surface area (Å²) in [6, 6.07) is 27.4. The van der Waals surface area contributed by atoms with Crippen LogP contribution in [0.5, 0.6) is 5.75 Å². The molecule has 2 heterocycles. The molecule has 3 aromatic rings. The second kappa shape index (κ2) is 10.9. The van der Waals surface area contributed by atoms with Gasteiger partial charge in [-0.3, -0.25) is 0 Å². The monoisotopic (exact) mass is 480 g/mol. The second-order valence-corrected chi connectivity index (χ2v) is 9.44. The van der Waals surface area contributed by atoms with Crippen LogP contribution in [0.2, 0.25) is 0 Å². The Labute approximate surface area is 203 Å². The third kappa shape index (κ3) is 5.30. The van der Waals surface area contributed by atoms with E-state index in [1.165, 1.54) is 11.8 Å². The molecule has 0 amide bonds. The number of benzene rings is 3. The van der Waals surface area contributed by atoms with Gasteiger partial charge in [-0.15, -0.1) is 0 Å². The average Bonchev–Trinajstić information content (AvgIpc) is 2.90. The van der Waals surface area contributed by atoms with Gasteiger partial charge in [-0.05, 0) is 29.8 Å². The van der Waals surface area contributed by atoms with E-state index in [2.05, 4.69) is 0 Å². The highest BCUT2D eigenvalue weighted by molar-refractivity contribution is 7.99. The van der Waals surface area contributed by atoms with Crippen molar-refractivity contribution in [2.45, 2.75) is 47.6 Å². The molecule has 0 spiro atoms. The minimum atomic E-state index is -0.890. The van der Waals surface area contributed by atoms with Gasteiger partial charge in [-0.2, -0.15) is 0 Å². The first kappa shape index (κ1) is 23.4. The van der Waals surface area contributed by atoms with E-state index in [1.54, 1.807) is 7.11 Å². The fourth-order valence-electron chi connectivity index (χ4n) is 4.18. The Morgan fingerprint density at radius 3 is 2.32 bits per heavy atom. The minimum Gasteiger partial charge on any atom is -0.497 e. The number of ether oxygens (including phenoxy) is 5. The Hall–Kier alpha value is -2.39. The first-order chi connectivity index (χ1) is 16.7. The molecule has 6 atom stereocenters. The predicted octanol–water partition coefficient (Wildman–Crippen LogP) is 4.57. The molecule has 2 aliphatic rings. The Bertz CT molecular complexity index is 1030. The number of aliphatic hydroxyl groups is 1. The molecule has 0 saturated carbocycles. The smallest absolute Gasteiger partial charge is 0.184 e. The van der Waals surface area contributed by atoms with E-state index in [0.717, 1.165) is 21.8 Å². The van der Waals surface area contributed by atoms with Crippen LogP contribution in [0.4, 0.5) is 0 Å². The normalized spacial score (nSPS) is 28.8. The highest BCUT2D eigenvalue weighted by Gasteiger charge is 2.50. The zero-order chi connectivity index (χ0) is 23.3. The van der Waals surface area contributed by atoms with Crippen LogP contribution in [0.3, 0.4) is 0 Å². The Kier molecular flexibility index (Phi) is 7.49. The van der Waals surface area contributed by atoms with Gasteiger partial charge in [0.2, 0.25) is 0 Å². The standard InChI is InChI=1S/C27H28O6S/c1-29-20-14-12-18(13-15-20)16-30-25-23(28)27(34-21-10-6-3-7-11-21)32-22-17-31-26(33-24(22)25)19-8-4-2-5-9-19/h2-15,22-28H,16-17H2,1H3/t22?,23?,24-,25-,26?,27+/m1/s1. The third-order valence-electron chi connectivity index (χ3n) is 5.98. The summed E-state index contributed by atoms with van der Waals surface area (Å²) >= 11 is 1.48. The molecule has 0 aromatic heterocycles. The molecule has 1 N–H and O–H groups in total. The lowest BCUT2D eigenvalue weighted by molar-refractivity contribution is -0.325. The number of thioether (sulfide) groups is 1. The number of hydrogen-bond donors (Lipinski definition) is 1. The van der Waals surface area contributed by atoms with Crippen LogP contribution in [-0.2, 0) is 25.6 Å². The molecule has 7 heteroatoms. The van der Waals surface area contributed by atoms with Crippen molar-refractivity contribution in [1.82, 2.24) is 0 Å². The van der Waals surface area contributed by atoms with Crippen molar-refractivity contribution < 1.29 is 28.8 Å². The highest BCUT2D eigenvalue weighted by atomic mass is 32.2. The first-order valence-corrected chi connectivity index (χ1v) is 12.2. The van der Waals surface area contributed by atoms with Gasteiger partial charge in [-0.25, -0.2) is 0 Å². The van der Waals surface area contributed by atoms with Crippen LogP contribution in [0.15, 0.2) is 89.8 Å². The summed E-state index contributed by atoms with van der Waals surface area (Å²) in [6.45, 7) is 0.684. The van der Waals surface area contributed by atoms with Gasteiger partial charge in [0, 0.05) is 10.5 Å². The van der Waals surface area contributed by atoms with E-state index in [4.69, 9.17) is 23.7 Å². The molecule has 34 heavy (non-hydrogen) atoms. The molecule has 2 saturated heterocycles. The summed E-state index contributed by atoms with van der Waals surface area (Å²) in [5, 5.41) is 11.3. The van der Waals surface area contributed by atoms with E-state index in [9.17, 15) is 5.11 Å². The van der Waals surface area contributed by atoms with E-state index in [0.29, 0.717) is 13.2 Å². The lowest BCUT2D eigenvalue weighted by atomic mass is 9.98. The molecule has 0 bridgehead atoms. The van der Waals surface area contributed by atoms with Gasteiger partial charge in [0.15, 0.2) is 6.29 Å². The Balaban J connectivity index is 1.35. The molecule has 0 radical (unpaired) electrons. The maximum Gasteiger partial charge on any atom is 0.184 e. The summed E-state index contributed by atoms with van der Waals surface area (Å²) in [5.41, 5.74) is 1.39. The number of rotatable bonds is 7. The molecule has 0 aliphatic carbocycles. The largest absolute Gasteiger partial charge is 0.497 e. The molecule has 5 rings (SSSR count). The van der Waals surface area contributed by atoms with Crippen LogP contribution < -0.4 is 4.74 Å². The maximum atomic E-state index is 11.3. The summed E-state index contributed by atoms with van der Waals surface area (Å²) < 4.78 is 30.1. The van der Waals surface area contributed by atoms with Gasteiger partial charge < -0.3 is 28.8 Å². The third-order valence-corrected chi connectivity index (χ3v) is 7.14. The van der Waals surface area contributed by atoms with Crippen molar-refractivity contribution in [2.75, 3.05) is 13.7 Å². The van der Waals surface area contributed by atoms with Crippen molar-refractivity contribution in [1.29, 1.82) is 0 Å². The average molecular weight is 481 g/mol. The fourth-order valence-corrected chi connectivity index (χ4v) is 5.25. The number of fused-ring (bicyclic) bond motifs is 1. The second-order valence-electron chi connectivity index (χ2n) is 8.26. The predicted molar refractivity (Wildman–Crippen MR) is 129 cm³/mol. The van der Waals surface area contributed by atoms with Crippen LogP contribution in [0.25, 0.3) is 0 Å². The Morgan fingerprint density at radius 2 is 1.62 bits per heavy atom. The zero-order valence-electron chi connectivity index (χ0n) is 18.9. The highest BCUT2D eigenvalue weighted by Crippen LogP contribution is 2.40. The lowest BCUT2D eigenvalue weighted by Gasteiger charge is -2.47. The van der Waals surface area contributed by atoms with Crippen molar-refractivity contribution in [3.05, 3.63) is 96.1 Å². The van der Waals surface area contributed by atoms with Crippen LogP contribution in [-0.4, -0.2) is 48.7 Å². The molecule has 2 aliphatic heterocycles. The topological polar surface area (TPSA) is 66.4 Å². The van der Waals surface area contributed by atoms with Crippen molar-refractivity contribution in [3.63, 3.8) is 0 Å². The number of aliphatic hydroxyl groups excluding tert-OH is 1. The van der Waals surface area contributed by atoms with Crippen LogP contribution >= 0.6 is 11.8 Å². The zero-order valence-corrected chi connectivity index (χ0v) is 19.7. The molecule has 3 aromatic carbocycles. The minimum absolute atomic E-state index is 0.331. The number of methoxy groups -OCH3 is 1. The van der Waals surface area contributed by atoms with E-state index in [-0.39, 0.29) is 6.10 Å². The number of hydrogen-bond acceptors (Lipinski definition) is 7. The van der Waals surface area contributed by atoms with E-state index < -0.39 is 30.0 Å². The van der Waals surface area contributed by atoms with Crippen LogP contribution in [0.1, 0.15) is 17.4 Å². The van der Waals surface area contributed by atoms with Crippen molar-refractivity contribution in [2.24, 2.45) is 0 Å². The molecular formula is C27H28O6S. The van der Waals surface area contributed by atoms with E-state index in [1.807, 2.05) is 84.9 Å². The SMILES string of the molecule is COc1ccc(CO[C@@H]2C(O)[C@H](Sc3ccccc3)OC3COC(c4ccccc4)O[C@H]32)cc1. The maximum absolute atomic E-state index is 11.3. The van der Waals surface area contributed by atoms with Gasteiger partial charge in [0.25, 0.3) is 0 Å². The molecule has 3 unspecified atom stereocenters. The van der Waals surface area contributed by atoms with Crippen molar-refractivity contribution in [3.8, 4) is 5.75 Å². The molecular weight excluding hydrogens is 452 g/mol. The fraction of sp³-hybridized carbons (Fsp3) is 0.333. The summed E-state index contributed by atoms with van der Waals surface area (Å²) in [7, 11) is 1.64. The molecule has 6 nitrogen and oxygen atoms in total. The summed E-state index contributed by atoms with van der Waals surface area (Å²) in [5.74, 6) is 0.785. The van der Waals surface area contributed by atoms with Crippen molar-refractivity contribution >= 4 is 11.8 Å². The van der Waals surface area contributed by atoms with Crippen LogP contribution in [0, 0.1) is 0 Å². The summed E-state index contributed by atoms with van der Waals surface area (Å²) in [4.78, 5) is 1.01.